The highest BCUT2D eigenvalue weighted by atomic mass is 19.4. The summed E-state index contributed by atoms with van der Waals surface area (Å²) in [6.07, 6.45) is -2.04. The third-order valence-corrected chi connectivity index (χ3v) is 4.58. The summed E-state index contributed by atoms with van der Waals surface area (Å²) in [7, 11) is 0. The maximum absolute atomic E-state index is 13.0. The number of hydrogen-bond acceptors (Lipinski definition) is 5. The molecule has 0 saturated carbocycles. The number of benzene rings is 1. The second kappa shape index (κ2) is 8.16. The monoisotopic (exact) mass is 386 g/mol. The topological polar surface area (TPSA) is 67.9 Å². The maximum Gasteiger partial charge on any atom is 0.416 e. The summed E-state index contributed by atoms with van der Waals surface area (Å²) in [6, 6.07) is 3.27. The summed E-state index contributed by atoms with van der Waals surface area (Å²) in [6.45, 7) is 1.31. The first-order chi connectivity index (χ1) is 12.8. The molecule has 0 spiro atoms. The Labute approximate surface area is 154 Å². The van der Waals surface area contributed by atoms with E-state index in [1.54, 1.807) is 0 Å². The number of nitrogens with zero attached hydrogens (tertiary/aromatic N) is 1. The van der Waals surface area contributed by atoms with Crippen molar-refractivity contribution < 1.29 is 32.2 Å². The Morgan fingerprint density at radius 1 is 1.22 bits per heavy atom. The zero-order chi connectivity index (χ0) is 19.4. The van der Waals surface area contributed by atoms with Gasteiger partial charge in [-0.3, -0.25) is 4.79 Å². The fourth-order valence-corrected chi connectivity index (χ4v) is 3.23. The molecule has 6 nitrogen and oxygen atoms in total. The molecule has 2 saturated heterocycles. The van der Waals surface area contributed by atoms with Gasteiger partial charge in [0.05, 0.1) is 16.9 Å². The number of halogens is 3. The minimum absolute atomic E-state index is 0.0601. The normalized spacial score (nSPS) is 20.0. The van der Waals surface area contributed by atoms with Gasteiger partial charge in [-0.05, 0) is 43.9 Å². The lowest BCUT2D eigenvalue weighted by Gasteiger charge is -2.23. The number of alkyl halides is 3. The first kappa shape index (κ1) is 19.5. The molecule has 1 atom stereocenters. The highest BCUT2D eigenvalue weighted by Crippen LogP contribution is 2.36. The van der Waals surface area contributed by atoms with Crippen LogP contribution < -0.4 is 10.2 Å². The smallest absolute Gasteiger partial charge is 0.416 e. The Bertz CT molecular complexity index is 696. The van der Waals surface area contributed by atoms with E-state index in [1.807, 2.05) is 4.90 Å². The molecule has 148 valence electrons. The van der Waals surface area contributed by atoms with Crippen LogP contribution in [0.3, 0.4) is 0 Å². The summed E-state index contributed by atoms with van der Waals surface area (Å²) < 4.78 is 49.2. The molecule has 1 N–H and O–H groups in total. The quantitative estimate of drug-likeness (QED) is 0.788. The highest BCUT2D eigenvalue weighted by Gasteiger charge is 2.32. The zero-order valence-electron chi connectivity index (χ0n) is 14.7. The van der Waals surface area contributed by atoms with Crippen molar-refractivity contribution in [3.8, 4) is 0 Å². The van der Waals surface area contributed by atoms with E-state index in [2.05, 4.69) is 5.32 Å². The van der Waals surface area contributed by atoms with Crippen LogP contribution in [-0.4, -0.2) is 44.3 Å². The van der Waals surface area contributed by atoms with Gasteiger partial charge in [-0.2, -0.15) is 13.2 Å². The highest BCUT2D eigenvalue weighted by molar-refractivity contribution is 5.96. The van der Waals surface area contributed by atoms with E-state index in [4.69, 9.17) is 9.47 Å². The van der Waals surface area contributed by atoms with Crippen LogP contribution in [0, 0.1) is 0 Å². The number of anilines is 2. The summed E-state index contributed by atoms with van der Waals surface area (Å²) >= 11 is 0. The first-order valence-corrected chi connectivity index (χ1v) is 8.89. The molecule has 0 aliphatic carbocycles. The number of ether oxygens (including phenoxy) is 2. The van der Waals surface area contributed by atoms with Crippen LogP contribution in [0.2, 0.25) is 0 Å². The number of carbonyl (C=O) groups excluding carboxylic acids is 2. The fraction of sp³-hybridized carbons (Fsp3) is 0.556. The molecule has 0 aromatic heterocycles. The van der Waals surface area contributed by atoms with Gasteiger partial charge in [0.25, 0.3) is 5.91 Å². The van der Waals surface area contributed by atoms with E-state index in [1.165, 1.54) is 6.07 Å². The molecule has 0 radical (unpaired) electrons. The summed E-state index contributed by atoms with van der Waals surface area (Å²) in [5.41, 5.74) is -0.263. The Kier molecular flexibility index (Phi) is 5.88. The molecule has 9 heteroatoms. The van der Waals surface area contributed by atoms with Crippen LogP contribution in [0.4, 0.5) is 24.5 Å². The molecule has 1 aromatic rings. The molecular formula is C18H21F3N2O4. The van der Waals surface area contributed by atoms with Gasteiger partial charge in [-0.25, -0.2) is 4.79 Å². The van der Waals surface area contributed by atoms with E-state index in [-0.39, 0.29) is 5.69 Å². The first-order valence-electron chi connectivity index (χ1n) is 8.89. The number of nitrogens with one attached hydrogen (secondary N) is 1. The minimum Gasteiger partial charge on any atom is -0.454 e. The van der Waals surface area contributed by atoms with E-state index in [0.717, 1.165) is 31.4 Å². The van der Waals surface area contributed by atoms with Crippen LogP contribution in [0.1, 0.15) is 31.2 Å². The lowest BCUT2D eigenvalue weighted by Crippen LogP contribution is -2.28. The van der Waals surface area contributed by atoms with Crippen molar-refractivity contribution in [2.24, 2.45) is 0 Å². The molecule has 27 heavy (non-hydrogen) atoms. The summed E-state index contributed by atoms with van der Waals surface area (Å²) in [5, 5.41) is 2.45. The molecule has 2 aliphatic heterocycles. The third kappa shape index (κ3) is 4.91. The fourth-order valence-electron chi connectivity index (χ4n) is 3.23. The molecule has 3 rings (SSSR count). The standard InChI is InChI=1S/C18H21F3N2O4/c19-18(20,21)12-5-6-14(23-7-1-2-8-23)13(10-12)22-16(24)11-27-17(25)15-4-3-9-26-15/h5-6,10,15H,1-4,7-9,11H2,(H,22,24)/t15-/m1/s1. The van der Waals surface area contributed by atoms with Gasteiger partial charge in [0, 0.05) is 19.7 Å². The van der Waals surface area contributed by atoms with Gasteiger partial charge in [-0.15, -0.1) is 0 Å². The van der Waals surface area contributed by atoms with Crippen LogP contribution in [-0.2, 0) is 25.2 Å². The minimum atomic E-state index is -4.52. The predicted molar refractivity (Wildman–Crippen MR) is 91.5 cm³/mol. The van der Waals surface area contributed by atoms with Gasteiger partial charge in [-0.1, -0.05) is 0 Å². The van der Waals surface area contributed by atoms with E-state index < -0.39 is 36.3 Å². The average Bonchev–Trinajstić information content (AvgIpc) is 3.32. The van der Waals surface area contributed by atoms with Crippen LogP contribution in [0.15, 0.2) is 18.2 Å². The van der Waals surface area contributed by atoms with E-state index >= 15 is 0 Å². The van der Waals surface area contributed by atoms with Crippen molar-refractivity contribution in [2.75, 3.05) is 36.5 Å². The van der Waals surface area contributed by atoms with E-state index in [0.29, 0.717) is 31.8 Å². The second-order valence-corrected chi connectivity index (χ2v) is 6.58. The maximum atomic E-state index is 13.0. The van der Waals surface area contributed by atoms with E-state index in [9.17, 15) is 22.8 Å². The molecule has 0 unspecified atom stereocenters. The Morgan fingerprint density at radius 3 is 2.59 bits per heavy atom. The lowest BCUT2D eigenvalue weighted by molar-refractivity contribution is -0.156. The predicted octanol–water partition coefficient (Wildman–Crippen LogP) is 2.97. The third-order valence-electron chi connectivity index (χ3n) is 4.58. The van der Waals surface area contributed by atoms with Gasteiger partial charge in [0.15, 0.2) is 12.7 Å². The number of rotatable bonds is 5. The molecule has 2 aliphatic rings. The Hall–Kier alpha value is -2.29. The van der Waals surface area contributed by atoms with Crippen molar-refractivity contribution in [3.63, 3.8) is 0 Å². The lowest BCUT2D eigenvalue weighted by atomic mass is 10.1. The summed E-state index contributed by atoms with van der Waals surface area (Å²) in [4.78, 5) is 25.8. The van der Waals surface area contributed by atoms with Crippen molar-refractivity contribution in [1.29, 1.82) is 0 Å². The van der Waals surface area contributed by atoms with Gasteiger partial charge < -0.3 is 19.7 Å². The van der Waals surface area contributed by atoms with Gasteiger partial charge >= 0.3 is 12.1 Å². The van der Waals surface area contributed by atoms with Crippen molar-refractivity contribution in [1.82, 2.24) is 0 Å². The summed E-state index contributed by atoms with van der Waals surface area (Å²) in [5.74, 6) is -1.33. The van der Waals surface area contributed by atoms with Crippen LogP contribution in [0.25, 0.3) is 0 Å². The molecule has 1 aromatic carbocycles. The second-order valence-electron chi connectivity index (χ2n) is 6.58. The van der Waals surface area contributed by atoms with Crippen molar-refractivity contribution in [2.45, 2.75) is 38.0 Å². The van der Waals surface area contributed by atoms with Crippen LogP contribution >= 0.6 is 0 Å². The molecular weight excluding hydrogens is 365 g/mol. The SMILES string of the molecule is O=C(COC(=O)[C@H]1CCCO1)Nc1cc(C(F)(F)F)ccc1N1CCCC1. The largest absolute Gasteiger partial charge is 0.454 e. The molecule has 0 bridgehead atoms. The number of amides is 1. The number of hydrogen-bond donors (Lipinski definition) is 1. The molecule has 2 fully saturated rings. The average molecular weight is 386 g/mol. The van der Waals surface area contributed by atoms with Crippen molar-refractivity contribution in [3.05, 3.63) is 23.8 Å². The molecule has 1 amide bonds. The van der Waals surface area contributed by atoms with Crippen molar-refractivity contribution >= 4 is 23.3 Å². The van der Waals surface area contributed by atoms with Crippen LogP contribution in [0.5, 0.6) is 0 Å². The zero-order valence-corrected chi connectivity index (χ0v) is 14.7. The Morgan fingerprint density at radius 2 is 1.96 bits per heavy atom. The van der Waals surface area contributed by atoms with Gasteiger partial charge in [0.2, 0.25) is 0 Å². The number of carbonyl (C=O) groups is 2. The Balaban J connectivity index is 1.69. The molecule has 2 heterocycles. The van der Waals surface area contributed by atoms with Gasteiger partial charge in [0.1, 0.15) is 0 Å². The number of esters is 1.